The van der Waals surface area contributed by atoms with Gasteiger partial charge in [-0.2, -0.15) is 11.8 Å². The second-order valence-corrected chi connectivity index (χ2v) is 6.56. The molecule has 0 unspecified atom stereocenters. The Morgan fingerprint density at radius 3 is 2.57 bits per heavy atom. The summed E-state index contributed by atoms with van der Waals surface area (Å²) in [4.78, 5) is 26.1. The van der Waals surface area contributed by atoms with Crippen molar-refractivity contribution < 1.29 is 9.59 Å². The Morgan fingerprint density at radius 1 is 1.26 bits per heavy atom. The van der Waals surface area contributed by atoms with Gasteiger partial charge in [-0.25, -0.2) is 0 Å². The van der Waals surface area contributed by atoms with Crippen molar-refractivity contribution in [2.75, 3.05) is 43.5 Å². The lowest BCUT2D eigenvalue weighted by molar-refractivity contribution is -0.116. The minimum atomic E-state index is -0.0235. The highest BCUT2D eigenvalue weighted by molar-refractivity contribution is 7.99. The molecule has 2 rings (SSSR count). The van der Waals surface area contributed by atoms with Gasteiger partial charge in [-0.05, 0) is 37.7 Å². The zero-order chi connectivity index (χ0) is 15.9. The molecule has 1 aromatic carbocycles. The first-order chi connectivity index (χ1) is 10.6. The number of hydrogen-bond donors (Lipinski definition) is 2. The molecule has 5 nitrogen and oxygen atoms in total. The molecule has 0 aromatic heterocycles. The van der Waals surface area contributed by atoms with E-state index in [9.17, 15) is 9.59 Å². The van der Waals surface area contributed by atoms with Gasteiger partial charge in [0.25, 0.3) is 5.91 Å². The topological polar surface area (TPSA) is 61.4 Å². The van der Waals surface area contributed by atoms with Crippen LogP contribution in [-0.2, 0) is 4.79 Å². The van der Waals surface area contributed by atoms with Gasteiger partial charge in [0.2, 0.25) is 5.91 Å². The molecule has 1 aliphatic rings. The number of benzene rings is 1. The Bertz CT molecular complexity index is 548. The molecular formula is C16H24ClN3O2S. The summed E-state index contributed by atoms with van der Waals surface area (Å²) in [5.41, 5.74) is 2.37. The summed E-state index contributed by atoms with van der Waals surface area (Å²) in [6.45, 7) is 4.18. The normalized spacial score (nSPS) is 14.1. The molecular weight excluding hydrogens is 334 g/mol. The highest BCUT2D eigenvalue weighted by Gasteiger charge is 2.19. The predicted octanol–water partition coefficient (Wildman–Crippen LogP) is 2.15. The number of nitrogens with zero attached hydrogens (tertiary/aromatic N) is 1. The van der Waals surface area contributed by atoms with Crippen molar-refractivity contribution in [2.24, 2.45) is 0 Å². The Labute approximate surface area is 148 Å². The van der Waals surface area contributed by atoms with Crippen molar-refractivity contribution in [3.63, 3.8) is 0 Å². The molecule has 1 saturated heterocycles. The van der Waals surface area contributed by atoms with Gasteiger partial charge in [0.15, 0.2) is 0 Å². The number of hydrogen-bond acceptors (Lipinski definition) is 4. The number of thioether (sulfide) groups is 1. The highest BCUT2D eigenvalue weighted by Crippen LogP contribution is 2.19. The van der Waals surface area contributed by atoms with Gasteiger partial charge in [-0.1, -0.05) is 0 Å². The number of carbonyl (C=O) groups is 2. The average Bonchev–Trinajstić information content (AvgIpc) is 2.55. The lowest BCUT2D eigenvalue weighted by atomic mass is 10.1. The van der Waals surface area contributed by atoms with Crippen LogP contribution in [0.3, 0.4) is 0 Å². The van der Waals surface area contributed by atoms with Crippen LogP contribution in [0.4, 0.5) is 5.69 Å². The summed E-state index contributed by atoms with van der Waals surface area (Å²) in [6.07, 6.45) is 0.433. The van der Waals surface area contributed by atoms with Gasteiger partial charge in [-0.15, -0.1) is 12.4 Å². The van der Waals surface area contributed by atoms with Crippen LogP contribution in [0.2, 0.25) is 0 Å². The van der Waals surface area contributed by atoms with Crippen molar-refractivity contribution >= 4 is 41.7 Å². The van der Waals surface area contributed by atoms with E-state index in [2.05, 4.69) is 10.6 Å². The van der Waals surface area contributed by atoms with E-state index in [1.807, 2.05) is 42.8 Å². The Kier molecular flexibility index (Phi) is 8.44. The molecule has 0 spiro atoms. The third kappa shape index (κ3) is 5.71. The number of anilines is 1. The average molecular weight is 358 g/mol. The summed E-state index contributed by atoms with van der Waals surface area (Å²) in [6, 6.07) is 5.47. The standard InChI is InChI=1S/C16H23N3O2S.ClH/c1-12-11-13(16(21)19-7-9-22-10-8-19)3-4-14(12)18-15(20)5-6-17-2;/h3-4,11,17H,5-10H2,1-2H3,(H,18,20);1H. The van der Waals surface area contributed by atoms with Crippen LogP contribution in [0, 0.1) is 6.92 Å². The van der Waals surface area contributed by atoms with Crippen LogP contribution < -0.4 is 10.6 Å². The van der Waals surface area contributed by atoms with E-state index < -0.39 is 0 Å². The second-order valence-electron chi connectivity index (χ2n) is 5.34. The first kappa shape index (κ1) is 19.8. The molecule has 1 aromatic rings. The molecule has 1 aliphatic heterocycles. The molecule has 0 atom stereocenters. The molecule has 0 radical (unpaired) electrons. The molecule has 7 heteroatoms. The fourth-order valence-corrected chi connectivity index (χ4v) is 3.24. The van der Waals surface area contributed by atoms with E-state index in [0.717, 1.165) is 35.8 Å². The SMILES string of the molecule is CNCCC(=O)Nc1ccc(C(=O)N2CCSCC2)cc1C.Cl. The van der Waals surface area contributed by atoms with Gasteiger partial charge >= 0.3 is 0 Å². The van der Waals surface area contributed by atoms with Crippen molar-refractivity contribution in [1.82, 2.24) is 10.2 Å². The van der Waals surface area contributed by atoms with Gasteiger partial charge in [0.1, 0.15) is 0 Å². The molecule has 1 heterocycles. The molecule has 1 fully saturated rings. The number of halogens is 1. The van der Waals surface area contributed by atoms with Gasteiger partial charge in [-0.3, -0.25) is 9.59 Å². The van der Waals surface area contributed by atoms with Crippen LogP contribution in [0.1, 0.15) is 22.3 Å². The monoisotopic (exact) mass is 357 g/mol. The second kappa shape index (κ2) is 9.80. The predicted molar refractivity (Wildman–Crippen MR) is 98.8 cm³/mol. The van der Waals surface area contributed by atoms with Gasteiger partial charge in [0.05, 0.1) is 0 Å². The van der Waals surface area contributed by atoms with E-state index in [-0.39, 0.29) is 24.2 Å². The maximum atomic E-state index is 12.4. The first-order valence-electron chi connectivity index (χ1n) is 7.54. The molecule has 0 bridgehead atoms. The van der Waals surface area contributed by atoms with E-state index in [1.165, 1.54) is 0 Å². The molecule has 2 N–H and O–H groups in total. The molecule has 0 saturated carbocycles. The number of nitrogens with one attached hydrogen (secondary N) is 2. The Morgan fingerprint density at radius 2 is 1.96 bits per heavy atom. The molecule has 0 aliphatic carbocycles. The molecule has 23 heavy (non-hydrogen) atoms. The van der Waals surface area contributed by atoms with Crippen LogP contribution in [0.5, 0.6) is 0 Å². The fraction of sp³-hybridized carbons (Fsp3) is 0.500. The smallest absolute Gasteiger partial charge is 0.253 e. The fourth-order valence-electron chi connectivity index (χ4n) is 2.34. The first-order valence-corrected chi connectivity index (χ1v) is 8.69. The summed E-state index contributed by atoms with van der Waals surface area (Å²) in [5.74, 6) is 2.07. The quantitative estimate of drug-likeness (QED) is 0.847. The molecule has 2 amide bonds. The minimum Gasteiger partial charge on any atom is -0.337 e. The number of carbonyl (C=O) groups excluding carboxylic acids is 2. The third-order valence-corrected chi connectivity index (χ3v) is 4.59. The van der Waals surface area contributed by atoms with Crippen LogP contribution in [0.25, 0.3) is 0 Å². The van der Waals surface area contributed by atoms with Gasteiger partial charge in [0, 0.05) is 48.8 Å². The minimum absolute atomic E-state index is 0. The summed E-state index contributed by atoms with van der Waals surface area (Å²) >= 11 is 1.88. The lowest BCUT2D eigenvalue weighted by Crippen LogP contribution is -2.37. The van der Waals surface area contributed by atoms with E-state index in [4.69, 9.17) is 0 Å². The van der Waals surface area contributed by atoms with E-state index in [0.29, 0.717) is 18.5 Å². The zero-order valence-electron chi connectivity index (χ0n) is 13.6. The summed E-state index contributed by atoms with van der Waals surface area (Å²) < 4.78 is 0. The van der Waals surface area contributed by atoms with Crippen molar-refractivity contribution in [3.8, 4) is 0 Å². The van der Waals surface area contributed by atoms with Crippen LogP contribution in [-0.4, -0.2) is 54.9 Å². The van der Waals surface area contributed by atoms with Gasteiger partial charge < -0.3 is 15.5 Å². The Balaban J connectivity index is 0.00000264. The van der Waals surface area contributed by atoms with Crippen molar-refractivity contribution in [2.45, 2.75) is 13.3 Å². The number of amides is 2. The maximum absolute atomic E-state index is 12.4. The van der Waals surface area contributed by atoms with E-state index in [1.54, 1.807) is 6.07 Å². The van der Waals surface area contributed by atoms with Crippen LogP contribution >= 0.6 is 24.2 Å². The zero-order valence-corrected chi connectivity index (χ0v) is 15.2. The highest BCUT2D eigenvalue weighted by atomic mass is 35.5. The summed E-state index contributed by atoms with van der Waals surface area (Å²) in [5, 5.41) is 5.83. The largest absolute Gasteiger partial charge is 0.337 e. The molecule has 128 valence electrons. The van der Waals surface area contributed by atoms with Crippen LogP contribution in [0.15, 0.2) is 18.2 Å². The third-order valence-electron chi connectivity index (χ3n) is 3.65. The number of rotatable bonds is 5. The van der Waals surface area contributed by atoms with E-state index >= 15 is 0 Å². The Hall–Kier alpha value is -1.24. The van der Waals surface area contributed by atoms with Crippen molar-refractivity contribution in [1.29, 1.82) is 0 Å². The lowest BCUT2D eigenvalue weighted by Gasteiger charge is -2.26. The van der Waals surface area contributed by atoms with Crippen molar-refractivity contribution in [3.05, 3.63) is 29.3 Å². The summed E-state index contributed by atoms with van der Waals surface area (Å²) in [7, 11) is 1.82. The number of aryl methyl sites for hydroxylation is 1. The maximum Gasteiger partial charge on any atom is 0.253 e.